The molecule has 114 valence electrons. The highest BCUT2D eigenvalue weighted by Crippen LogP contribution is 2.21. The van der Waals surface area contributed by atoms with Crippen molar-refractivity contribution in [3.8, 4) is 5.69 Å². The fourth-order valence-electron chi connectivity index (χ4n) is 2.52. The van der Waals surface area contributed by atoms with Gasteiger partial charge < -0.3 is 5.32 Å². The molecule has 1 fully saturated rings. The molecule has 0 spiro atoms. The number of aromatic nitrogens is 3. The monoisotopic (exact) mass is 327 g/mol. The zero-order chi connectivity index (χ0) is 13.8. The van der Waals surface area contributed by atoms with E-state index in [2.05, 4.69) is 26.4 Å². The molecule has 2 heterocycles. The fraction of sp³-hybridized carbons (Fsp3) is 0.429. The van der Waals surface area contributed by atoms with Gasteiger partial charge in [0.05, 0.1) is 5.69 Å². The van der Waals surface area contributed by atoms with Gasteiger partial charge in [0.2, 0.25) is 0 Å². The Morgan fingerprint density at radius 3 is 2.95 bits per heavy atom. The van der Waals surface area contributed by atoms with Gasteiger partial charge in [-0.1, -0.05) is 17.7 Å². The van der Waals surface area contributed by atoms with Crippen LogP contribution >= 0.6 is 24.0 Å². The Bertz CT molecular complexity index is 550. The molecule has 7 heteroatoms. The van der Waals surface area contributed by atoms with E-state index in [4.69, 9.17) is 11.6 Å². The average molecular weight is 328 g/mol. The largest absolute Gasteiger partial charge is 0.315 e. The number of nitrogens with one attached hydrogen (secondary N) is 1. The van der Waals surface area contributed by atoms with Gasteiger partial charge >= 0.3 is 0 Å². The number of hydrogen-bond acceptors (Lipinski definition) is 4. The molecule has 1 saturated heterocycles. The van der Waals surface area contributed by atoms with Crippen LogP contribution in [0.25, 0.3) is 5.69 Å². The van der Waals surface area contributed by atoms with E-state index < -0.39 is 0 Å². The molecule has 1 aliphatic rings. The molecule has 1 aromatic carbocycles. The highest BCUT2D eigenvalue weighted by atomic mass is 35.5. The standard InChI is InChI=1S/C14H18ClN5.ClH/c15-13-3-2-12(9-19-6-1-4-16-5-7-19)14(8-13)20-11-17-10-18-20;/h2-3,8,10-11,16H,1,4-7,9H2;1H. The Balaban J connectivity index is 0.00000161. The van der Waals surface area contributed by atoms with E-state index in [-0.39, 0.29) is 12.4 Å². The molecule has 3 rings (SSSR count). The third kappa shape index (κ3) is 4.17. The normalized spacial score (nSPS) is 16.2. The zero-order valence-corrected chi connectivity index (χ0v) is 13.3. The molecule has 1 N–H and O–H groups in total. The second kappa shape index (κ2) is 7.75. The Kier molecular flexibility index (Phi) is 5.99. The number of halogens is 2. The van der Waals surface area contributed by atoms with Crippen LogP contribution in [-0.4, -0.2) is 45.8 Å². The minimum Gasteiger partial charge on any atom is -0.315 e. The molecule has 2 aromatic rings. The summed E-state index contributed by atoms with van der Waals surface area (Å²) in [4.78, 5) is 6.48. The molecule has 0 radical (unpaired) electrons. The van der Waals surface area contributed by atoms with E-state index in [0.717, 1.165) is 43.4 Å². The van der Waals surface area contributed by atoms with Crippen molar-refractivity contribution < 1.29 is 0 Å². The lowest BCUT2D eigenvalue weighted by molar-refractivity contribution is 0.284. The van der Waals surface area contributed by atoms with Crippen LogP contribution < -0.4 is 5.32 Å². The first-order valence-electron chi connectivity index (χ1n) is 6.89. The number of hydrogen-bond donors (Lipinski definition) is 1. The van der Waals surface area contributed by atoms with Crippen LogP contribution in [0, 0.1) is 0 Å². The molecular weight excluding hydrogens is 309 g/mol. The lowest BCUT2D eigenvalue weighted by Gasteiger charge is -2.21. The lowest BCUT2D eigenvalue weighted by atomic mass is 10.1. The molecule has 0 bridgehead atoms. The molecule has 1 aliphatic heterocycles. The van der Waals surface area contributed by atoms with E-state index in [9.17, 15) is 0 Å². The summed E-state index contributed by atoms with van der Waals surface area (Å²) < 4.78 is 1.78. The molecule has 0 atom stereocenters. The summed E-state index contributed by atoms with van der Waals surface area (Å²) in [7, 11) is 0. The van der Waals surface area contributed by atoms with Crippen molar-refractivity contribution in [2.75, 3.05) is 26.2 Å². The maximum atomic E-state index is 6.12. The first-order valence-corrected chi connectivity index (χ1v) is 7.27. The number of nitrogens with zero attached hydrogens (tertiary/aromatic N) is 4. The predicted octanol–water partition coefficient (Wildman–Crippen LogP) is 2.14. The Morgan fingerprint density at radius 2 is 2.14 bits per heavy atom. The molecule has 0 saturated carbocycles. The Hall–Kier alpha value is -1.14. The molecule has 21 heavy (non-hydrogen) atoms. The fourth-order valence-corrected chi connectivity index (χ4v) is 2.68. The minimum absolute atomic E-state index is 0. The summed E-state index contributed by atoms with van der Waals surface area (Å²) in [5.74, 6) is 0. The quantitative estimate of drug-likeness (QED) is 0.938. The van der Waals surface area contributed by atoms with Gasteiger partial charge in [-0.25, -0.2) is 9.67 Å². The van der Waals surface area contributed by atoms with Gasteiger partial charge in [-0.3, -0.25) is 4.90 Å². The van der Waals surface area contributed by atoms with Gasteiger partial charge in [-0.05, 0) is 37.2 Å². The predicted molar refractivity (Wildman–Crippen MR) is 86.4 cm³/mol. The highest BCUT2D eigenvalue weighted by molar-refractivity contribution is 6.30. The lowest BCUT2D eigenvalue weighted by Crippen LogP contribution is -2.28. The summed E-state index contributed by atoms with van der Waals surface area (Å²) in [6.45, 7) is 5.25. The van der Waals surface area contributed by atoms with E-state index in [1.807, 2.05) is 12.1 Å². The minimum atomic E-state index is 0. The van der Waals surface area contributed by atoms with E-state index in [1.165, 1.54) is 12.0 Å². The van der Waals surface area contributed by atoms with Crippen LogP contribution in [0.15, 0.2) is 30.9 Å². The molecule has 0 amide bonds. The molecule has 0 unspecified atom stereocenters. The first-order chi connectivity index (χ1) is 9.83. The van der Waals surface area contributed by atoms with Crippen molar-refractivity contribution in [1.82, 2.24) is 25.0 Å². The van der Waals surface area contributed by atoms with Crippen molar-refractivity contribution in [2.45, 2.75) is 13.0 Å². The van der Waals surface area contributed by atoms with Crippen molar-refractivity contribution >= 4 is 24.0 Å². The van der Waals surface area contributed by atoms with Crippen LogP contribution in [0.3, 0.4) is 0 Å². The summed E-state index contributed by atoms with van der Waals surface area (Å²) in [6.07, 6.45) is 4.44. The Morgan fingerprint density at radius 1 is 1.24 bits per heavy atom. The molecule has 5 nitrogen and oxygen atoms in total. The van der Waals surface area contributed by atoms with Crippen molar-refractivity contribution in [3.63, 3.8) is 0 Å². The smallest absolute Gasteiger partial charge is 0.138 e. The number of benzene rings is 1. The summed E-state index contributed by atoms with van der Waals surface area (Å²) in [5.41, 5.74) is 2.23. The number of rotatable bonds is 3. The maximum absolute atomic E-state index is 6.12. The Labute approximate surface area is 135 Å². The van der Waals surface area contributed by atoms with Crippen molar-refractivity contribution in [2.24, 2.45) is 0 Å². The highest BCUT2D eigenvalue weighted by Gasteiger charge is 2.13. The summed E-state index contributed by atoms with van der Waals surface area (Å²) in [5, 5.41) is 8.36. The van der Waals surface area contributed by atoms with Gasteiger partial charge in [-0.2, -0.15) is 5.10 Å². The molecule has 0 aliphatic carbocycles. The zero-order valence-electron chi connectivity index (χ0n) is 11.7. The van der Waals surface area contributed by atoms with Gasteiger partial charge in [0.25, 0.3) is 0 Å². The maximum Gasteiger partial charge on any atom is 0.138 e. The molecular formula is C14H19Cl2N5. The second-order valence-electron chi connectivity index (χ2n) is 4.99. The summed E-state index contributed by atoms with van der Waals surface area (Å²) in [6, 6.07) is 5.96. The topological polar surface area (TPSA) is 46.0 Å². The SMILES string of the molecule is Cl.Clc1ccc(CN2CCCNCC2)c(-n2cncn2)c1. The van der Waals surface area contributed by atoms with Crippen LogP contribution in [0.5, 0.6) is 0 Å². The van der Waals surface area contributed by atoms with Gasteiger partial charge in [0, 0.05) is 24.7 Å². The third-order valence-corrected chi connectivity index (χ3v) is 3.77. The molecule has 1 aromatic heterocycles. The third-order valence-electron chi connectivity index (χ3n) is 3.54. The van der Waals surface area contributed by atoms with Crippen molar-refractivity contribution in [1.29, 1.82) is 0 Å². The first kappa shape index (κ1) is 16.2. The van der Waals surface area contributed by atoms with Crippen LogP contribution in [0.1, 0.15) is 12.0 Å². The summed E-state index contributed by atoms with van der Waals surface area (Å²) >= 11 is 6.12. The average Bonchev–Trinajstić information content (AvgIpc) is 2.86. The van der Waals surface area contributed by atoms with Gasteiger partial charge in [-0.15, -0.1) is 12.4 Å². The van der Waals surface area contributed by atoms with E-state index >= 15 is 0 Å². The van der Waals surface area contributed by atoms with Crippen LogP contribution in [-0.2, 0) is 6.54 Å². The van der Waals surface area contributed by atoms with Crippen LogP contribution in [0.4, 0.5) is 0 Å². The second-order valence-corrected chi connectivity index (χ2v) is 5.43. The van der Waals surface area contributed by atoms with Crippen molar-refractivity contribution in [3.05, 3.63) is 41.4 Å². The van der Waals surface area contributed by atoms with E-state index in [1.54, 1.807) is 17.3 Å². The van der Waals surface area contributed by atoms with Crippen LogP contribution in [0.2, 0.25) is 5.02 Å². The van der Waals surface area contributed by atoms with Gasteiger partial charge in [0.15, 0.2) is 0 Å². The van der Waals surface area contributed by atoms with Gasteiger partial charge in [0.1, 0.15) is 12.7 Å². The van der Waals surface area contributed by atoms with E-state index in [0.29, 0.717) is 0 Å².